The first kappa shape index (κ1) is 49.1. The van der Waals surface area contributed by atoms with Crippen LogP contribution >= 0.6 is 34.3 Å². The van der Waals surface area contributed by atoms with Crippen molar-refractivity contribution in [1.82, 2.24) is 15.0 Å². The van der Waals surface area contributed by atoms with Crippen molar-refractivity contribution in [3.05, 3.63) is 94.7 Å². The fourth-order valence-corrected chi connectivity index (χ4v) is 13.9. The Morgan fingerprint density at radius 1 is 0.779 bits per heavy atom. The number of benzene rings is 3. The van der Waals surface area contributed by atoms with Crippen LogP contribution in [0.2, 0.25) is 5.02 Å². The molecule has 2 saturated carbocycles. The number of hydrogen-bond donors (Lipinski definition) is 3. The van der Waals surface area contributed by atoms with Gasteiger partial charge in [-0.2, -0.15) is 4.39 Å². The van der Waals surface area contributed by atoms with E-state index in [4.69, 9.17) is 26.1 Å². The highest BCUT2D eigenvalue weighted by Gasteiger charge is 2.36. The minimum absolute atomic E-state index is 0.00179. The highest BCUT2D eigenvalue weighted by atomic mass is 35.5. The smallest absolute Gasteiger partial charge is 0.273 e. The third-order valence-corrected chi connectivity index (χ3v) is 18.1. The minimum Gasteiger partial charge on any atom is -0.495 e. The number of pyridine rings is 1. The molecule has 68 heavy (non-hydrogen) atoms. The third-order valence-electron chi connectivity index (χ3n) is 12.4. The monoisotopic (exact) mass is 1020 g/mol. The maximum Gasteiger partial charge on any atom is 0.273 e. The molecule has 2 fully saturated rings. The van der Waals surface area contributed by atoms with Crippen LogP contribution in [0.4, 0.5) is 31.8 Å². The first-order chi connectivity index (χ1) is 32.5. The van der Waals surface area contributed by atoms with Crippen LogP contribution in [0.3, 0.4) is 0 Å². The van der Waals surface area contributed by atoms with E-state index < -0.39 is 26.0 Å². The molecule has 3 N–H and O–H groups in total. The topological polar surface area (TPSA) is 182 Å². The number of carbonyl (C=O) groups is 1. The van der Waals surface area contributed by atoms with Crippen LogP contribution < -0.4 is 29.1 Å². The van der Waals surface area contributed by atoms with E-state index in [2.05, 4.69) is 25.3 Å². The fraction of sp³-hybridized carbons (Fsp3) is 0.375. The molecule has 8 rings (SSSR count). The quantitative estimate of drug-likeness (QED) is 0.0740. The summed E-state index contributed by atoms with van der Waals surface area (Å²) in [4.78, 5) is 26.8. The Morgan fingerprint density at radius 3 is 2.09 bits per heavy atom. The number of thiazole rings is 2. The number of ether oxygens (including phenoxy) is 2. The zero-order valence-electron chi connectivity index (χ0n) is 38.3. The van der Waals surface area contributed by atoms with Gasteiger partial charge in [-0.25, -0.2) is 36.1 Å². The van der Waals surface area contributed by atoms with Crippen molar-refractivity contribution in [3.8, 4) is 32.4 Å². The molecular weight excluding hydrogens is 969 g/mol. The van der Waals surface area contributed by atoms with E-state index in [9.17, 15) is 17.6 Å². The fourth-order valence-electron chi connectivity index (χ4n) is 8.76. The molecule has 2 aliphatic carbocycles. The van der Waals surface area contributed by atoms with Crippen LogP contribution in [-0.2, 0) is 24.8 Å². The molecule has 0 aliphatic heterocycles. The van der Waals surface area contributed by atoms with Gasteiger partial charge < -0.3 is 20.1 Å². The van der Waals surface area contributed by atoms with Gasteiger partial charge in [0.15, 0.2) is 16.1 Å². The second-order valence-corrected chi connectivity index (χ2v) is 23.1. The maximum atomic E-state index is 15.8. The highest BCUT2D eigenvalue weighted by molar-refractivity contribution is 7.93. The van der Waals surface area contributed by atoms with Crippen molar-refractivity contribution in [1.29, 1.82) is 0 Å². The Kier molecular flexibility index (Phi) is 15.0. The third kappa shape index (κ3) is 10.8. The minimum atomic E-state index is -4.71. The second-order valence-electron chi connectivity index (χ2n) is 17.3. The first-order valence-corrected chi connectivity index (χ1v) is 27.3. The summed E-state index contributed by atoms with van der Waals surface area (Å²) in [6, 6.07) is 15.3. The average molecular weight is 1020 g/mol. The summed E-state index contributed by atoms with van der Waals surface area (Å²) in [5, 5.41) is 7.56. The van der Waals surface area contributed by atoms with Crippen molar-refractivity contribution < 1.29 is 35.5 Å². The summed E-state index contributed by atoms with van der Waals surface area (Å²) < 4.78 is 88.9. The number of aromatic nitrogens is 3. The molecule has 360 valence electrons. The average Bonchev–Trinajstić information content (AvgIpc) is 4.08. The van der Waals surface area contributed by atoms with E-state index >= 15 is 8.42 Å². The summed E-state index contributed by atoms with van der Waals surface area (Å²) in [6.07, 6.45) is 11.3. The van der Waals surface area contributed by atoms with E-state index in [0.29, 0.717) is 77.8 Å². The lowest BCUT2D eigenvalue weighted by Crippen LogP contribution is -2.28. The van der Waals surface area contributed by atoms with Gasteiger partial charge in [-0.15, -0.1) is 0 Å². The van der Waals surface area contributed by atoms with Crippen LogP contribution in [0.25, 0.3) is 20.9 Å². The van der Waals surface area contributed by atoms with Crippen molar-refractivity contribution >= 4 is 87.7 Å². The number of methoxy groups -OCH3 is 2. The van der Waals surface area contributed by atoms with Crippen LogP contribution in [0, 0.1) is 38.6 Å². The summed E-state index contributed by atoms with van der Waals surface area (Å²) in [7, 11) is -6.42. The Morgan fingerprint density at radius 2 is 1.41 bits per heavy atom. The number of hydrogen-bond acceptors (Lipinski definition) is 13. The van der Waals surface area contributed by atoms with Gasteiger partial charge in [-0.3, -0.25) is 9.52 Å². The molecule has 0 unspecified atom stereocenters. The molecule has 0 saturated heterocycles. The summed E-state index contributed by atoms with van der Waals surface area (Å²) in [6.45, 7) is 5.75. The molecule has 14 nitrogen and oxygen atoms in total. The molecule has 3 heterocycles. The summed E-state index contributed by atoms with van der Waals surface area (Å²) in [5.74, 6) is -0.121. The Bertz CT molecular complexity index is 3060. The zero-order chi connectivity index (χ0) is 48.3. The maximum absolute atomic E-state index is 15.8. The van der Waals surface area contributed by atoms with Gasteiger partial charge in [0.1, 0.15) is 21.3 Å². The predicted octanol–water partition coefficient (Wildman–Crippen LogP) is 11.9. The largest absolute Gasteiger partial charge is 0.495 e. The van der Waals surface area contributed by atoms with E-state index in [0.717, 1.165) is 67.9 Å². The van der Waals surface area contributed by atoms with Gasteiger partial charge >= 0.3 is 0 Å². The lowest BCUT2D eigenvalue weighted by atomic mass is 9.89. The van der Waals surface area contributed by atoms with Crippen LogP contribution in [0.1, 0.15) is 81.0 Å². The normalized spacial score (nSPS) is 14.8. The number of nitrogens with one attached hydrogen (secondary N) is 3. The molecule has 0 spiro atoms. The number of anilines is 5. The molecule has 6 aromatic rings. The Labute approximate surface area is 409 Å². The van der Waals surface area contributed by atoms with Crippen LogP contribution in [0.15, 0.2) is 76.7 Å². The second kappa shape index (κ2) is 20.7. The van der Waals surface area contributed by atoms with Gasteiger partial charge in [-0.1, -0.05) is 72.4 Å². The number of sulfonamides is 2. The van der Waals surface area contributed by atoms with Crippen molar-refractivity contribution in [3.63, 3.8) is 0 Å². The van der Waals surface area contributed by atoms with Gasteiger partial charge in [0, 0.05) is 18.0 Å². The Balaban J connectivity index is 1.26. The van der Waals surface area contributed by atoms with E-state index in [-0.39, 0.29) is 44.4 Å². The molecule has 2 aliphatic rings. The molecule has 0 bridgehead atoms. The van der Waals surface area contributed by atoms with E-state index in [1.54, 1.807) is 57.2 Å². The molecule has 3 aromatic carbocycles. The number of carbonyl (C=O) groups excluding carboxylic acids is 1. The van der Waals surface area contributed by atoms with Gasteiger partial charge in [0.25, 0.3) is 20.0 Å². The number of amides is 1. The number of aryl methyl sites for hydroxylation is 3. The van der Waals surface area contributed by atoms with Crippen molar-refractivity contribution in [2.45, 2.75) is 94.8 Å². The molecule has 1 amide bonds. The van der Waals surface area contributed by atoms with E-state index in [1.807, 2.05) is 0 Å². The van der Waals surface area contributed by atoms with Crippen LogP contribution in [-0.4, -0.2) is 58.5 Å². The Hall–Kier alpha value is -5.34. The lowest BCUT2D eigenvalue weighted by Gasteiger charge is -2.25. The summed E-state index contributed by atoms with van der Waals surface area (Å²) >= 11 is 9.19. The SMILES string of the molecule is COc1ccc(-c2sc(NCC3CCCCC3)nc2N(c2ccc(C)c(Cl)c2)S(=O)(=O)c2cc(-c3sc(NC(=O)CC4CCCC4)nc3C)ccc2OC)cc1S(=O)(=O)Nc1cnc(F)cc1C. The lowest BCUT2D eigenvalue weighted by molar-refractivity contribution is -0.117. The van der Waals surface area contributed by atoms with Gasteiger partial charge in [-0.05, 0) is 135 Å². The molecule has 20 heteroatoms. The zero-order valence-corrected chi connectivity index (χ0v) is 42.3. The van der Waals surface area contributed by atoms with Gasteiger partial charge in [0.2, 0.25) is 11.9 Å². The predicted molar refractivity (Wildman–Crippen MR) is 268 cm³/mol. The van der Waals surface area contributed by atoms with Gasteiger partial charge in [0.05, 0.1) is 47.2 Å². The van der Waals surface area contributed by atoms with Crippen molar-refractivity contribution in [2.24, 2.45) is 11.8 Å². The molecule has 0 radical (unpaired) electrons. The van der Waals surface area contributed by atoms with Crippen LogP contribution in [0.5, 0.6) is 11.5 Å². The highest BCUT2D eigenvalue weighted by Crippen LogP contribution is 2.48. The number of nitrogens with zero attached hydrogens (tertiary/aromatic N) is 4. The standard InChI is InChI=1S/C48H53ClFN7O7S4/c1-28-15-18-35(25-36(28)49)57(68(61,62)41-24-33(16-20-39(41)64-5)44-30(3)53-48(65-44)54-43(58)22-31-11-9-10-12-31)46-45(66-47(55-46)52-26-32-13-7-6-8-14-32)34-17-19-38(63-4)40(23-34)67(59,60)56-37-27-51-42(50)21-29(37)2/h15-21,23-25,27,31-32,56H,6-14,22,26H2,1-5H3,(H,52,55)(H,53,54,58). The van der Waals surface area contributed by atoms with Crippen molar-refractivity contribution in [2.75, 3.05) is 40.4 Å². The number of halogens is 2. The molecule has 3 aromatic heterocycles. The molecule has 0 atom stereocenters. The molecular formula is C48H53ClFN7O7S4. The summed E-state index contributed by atoms with van der Waals surface area (Å²) in [5.41, 5.74) is 2.65. The number of rotatable bonds is 17. The first-order valence-electron chi connectivity index (χ1n) is 22.4. The van der Waals surface area contributed by atoms with E-state index in [1.165, 1.54) is 61.5 Å².